The standard InChI is InChI=1S/C46H26/c1-2-13-29-26-41-40(25-28(29)12-1)44(33-20-9-14-27-11-3-4-15-30(27)33)45-37-19-8-7-18-36(37)43(46(41)45)39-24-23-38-32-17-6-5-16-31(32)34-21-10-22-35(39)42(34)38/h1-26H. The molecule has 0 aromatic heterocycles. The maximum Gasteiger partial charge on any atom is -0.000719 e. The quantitative estimate of drug-likeness (QED) is 0.191. The third-order valence-corrected chi connectivity index (χ3v) is 10.5. The second-order valence-electron chi connectivity index (χ2n) is 12.8. The summed E-state index contributed by atoms with van der Waals surface area (Å²) in [6.07, 6.45) is 0. The lowest BCUT2D eigenvalue weighted by molar-refractivity contribution is 1.56. The van der Waals surface area contributed by atoms with E-state index in [1.54, 1.807) is 0 Å². The molecule has 0 heteroatoms. The van der Waals surface area contributed by atoms with Crippen LogP contribution >= 0.6 is 0 Å². The Morgan fingerprint density at radius 2 is 0.630 bits per heavy atom. The van der Waals surface area contributed by atoms with Crippen LogP contribution in [0.1, 0.15) is 33.4 Å². The minimum absolute atomic E-state index is 1.27. The summed E-state index contributed by atoms with van der Waals surface area (Å²) in [6.45, 7) is 0. The van der Waals surface area contributed by atoms with Crippen LogP contribution in [-0.4, -0.2) is 0 Å². The zero-order chi connectivity index (χ0) is 29.9. The van der Waals surface area contributed by atoms with E-state index in [1.165, 1.54) is 110 Å². The molecule has 0 amide bonds. The Bertz CT molecular complexity index is 2700. The number of hydrogen-bond donors (Lipinski definition) is 0. The number of hydrogen-bond acceptors (Lipinski definition) is 0. The zero-order valence-electron chi connectivity index (χ0n) is 25.0. The van der Waals surface area contributed by atoms with Crippen molar-refractivity contribution in [1.29, 1.82) is 0 Å². The van der Waals surface area contributed by atoms with Crippen LogP contribution in [0.15, 0.2) is 158 Å². The first kappa shape index (κ1) is 24.4. The van der Waals surface area contributed by atoms with Gasteiger partial charge in [-0.3, -0.25) is 0 Å². The fourth-order valence-corrected chi connectivity index (χ4v) is 8.66. The lowest BCUT2D eigenvalue weighted by atomic mass is 9.87. The number of allylic oxidation sites excluding steroid dienone is 2. The second kappa shape index (κ2) is 8.81. The smallest absolute Gasteiger partial charge is 0.000719 e. The topological polar surface area (TPSA) is 0 Å². The summed E-state index contributed by atoms with van der Waals surface area (Å²) >= 11 is 0. The summed E-state index contributed by atoms with van der Waals surface area (Å²) < 4.78 is 0. The molecule has 8 aromatic rings. The van der Waals surface area contributed by atoms with Crippen LogP contribution in [0.5, 0.6) is 0 Å². The summed E-state index contributed by atoms with van der Waals surface area (Å²) in [5.74, 6) is 0. The van der Waals surface area contributed by atoms with Gasteiger partial charge in [-0.15, -0.1) is 0 Å². The second-order valence-corrected chi connectivity index (χ2v) is 12.8. The van der Waals surface area contributed by atoms with Gasteiger partial charge in [-0.2, -0.15) is 0 Å². The lowest BCUT2D eigenvalue weighted by Crippen LogP contribution is -1.94. The van der Waals surface area contributed by atoms with Gasteiger partial charge >= 0.3 is 0 Å². The Labute approximate surface area is 267 Å². The van der Waals surface area contributed by atoms with E-state index in [1.807, 2.05) is 0 Å². The van der Waals surface area contributed by atoms with E-state index in [-0.39, 0.29) is 0 Å². The maximum absolute atomic E-state index is 2.44. The normalized spacial score (nSPS) is 13.9. The number of benzene rings is 8. The minimum Gasteiger partial charge on any atom is -0.0616 e. The van der Waals surface area contributed by atoms with Gasteiger partial charge in [0.05, 0.1) is 0 Å². The molecular formula is C46H26. The van der Waals surface area contributed by atoms with E-state index in [0.717, 1.165) is 0 Å². The van der Waals surface area contributed by atoms with Crippen molar-refractivity contribution in [1.82, 2.24) is 0 Å². The maximum atomic E-state index is 2.44. The Hall–Kier alpha value is -5.98. The van der Waals surface area contributed by atoms with Crippen LogP contribution < -0.4 is 0 Å². The molecule has 46 heavy (non-hydrogen) atoms. The van der Waals surface area contributed by atoms with Crippen LogP contribution in [0.2, 0.25) is 0 Å². The third kappa shape index (κ3) is 3.04. The molecule has 11 rings (SSSR count). The van der Waals surface area contributed by atoms with Gasteiger partial charge in [0.1, 0.15) is 0 Å². The van der Waals surface area contributed by atoms with Gasteiger partial charge < -0.3 is 0 Å². The van der Waals surface area contributed by atoms with E-state index in [2.05, 4.69) is 158 Å². The van der Waals surface area contributed by atoms with E-state index in [0.29, 0.717) is 0 Å². The molecule has 0 saturated carbocycles. The van der Waals surface area contributed by atoms with Gasteiger partial charge in [0, 0.05) is 0 Å². The van der Waals surface area contributed by atoms with Crippen LogP contribution in [0.25, 0.3) is 76.9 Å². The van der Waals surface area contributed by atoms with Crippen LogP contribution in [0, 0.1) is 0 Å². The molecule has 210 valence electrons. The summed E-state index contributed by atoms with van der Waals surface area (Å²) in [5.41, 5.74) is 18.7. The van der Waals surface area contributed by atoms with E-state index in [9.17, 15) is 0 Å². The van der Waals surface area contributed by atoms with Crippen molar-refractivity contribution in [3.8, 4) is 22.3 Å². The average molecular weight is 579 g/mol. The molecular weight excluding hydrogens is 553 g/mol. The Morgan fingerprint density at radius 3 is 1.39 bits per heavy atom. The van der Waals surface area contributed by atoms with Crippen molar-refractivity contribution in [3.05, 3.63) is 191 Å². The van der Waals surface area contributed by atoms with Crippen LogP contribution in [0.3, 0.4) is 0 Å². The molecule has 0 radical (unpaired) electrons. The molecule has 0 aliphatic heterocycles. The lowest BCUT2D eigenvalue weighted by Gasteiger charge is -2.16. The third-order valence-electron chi connectivity index (χ3n) is 10.5. The minimum atomic E-state index is 1.27. The molecule has 0 fully saturated rings. The van der Waals surface area contributed by atoms with E-state index >= 15 is 0 Å². The van der Waals surface area contributed by atoms with Crippen LogP contribution in [0.4, 0.5) is 0 Å². The predicted octanol–water partition coefficient (Wildman–Crippen LogP) is 12.0. The molecule has 0 unspecified atom stereocenters. The first-order chi connectivity index (χ1) is 22.8. The predicted molar refractivity (Wildman–Crippen MR) is 195 cm³/mol. The molecule has 0 spiro atoms. The highest BCUT2D eigenvalue weighted by Crippen LogP contribution is 2.60. The Morgan fingerprint density at radius 1 is 0.217 bits per heavy atom. The van der Waals surface area contributed by atoms with Gasteiger partial charge in [-0.05, 0) is 122 Å². The molecule has 0 N–H and O–H groups in total. The Balaban J connectivity index is 1.31. The van der Waals surface area contributed by atoms with Crippen molar-refractivity contribution in [3.63, 3.8) is 0 Å². The van der Waals surface area contributed by atoms with Crippen molar-refractivity contribution in [2.45, 2.75) is 0 Å². The summed E-state index contributed by atoms with van der Waals surface area (Å²) in [7, 11) is 0. The van der Waals surface area contributed by atoms with Gasteiger partial charge in [0.25, 0.3) is 0 Å². The monoisotopic (exact) mass is 578 g/mol. The van der Waals surface area contributed by atoms with E-state index < -0.39 is 0 Å². The SMILES string of the molecule is c1ccc2c(c1)C1=C(c3cccc4ccccc34)c3cc4ccccc4cc3C1=C2c1ccc2c3c(cccc13)-c1ccccc1-2. The highest BCUT2D eigenvalue weighted by atomic mass is 14.4. The fourth-order valence-electron chi connectivity index (χ4n) is 8.66. The van der Waals surface area contributed by atoms with Gasteiger partial charge in [0.15, 0.2) is 0 Å². The van der Waals surface area contributed by atoms with Crippen molar-refractivity contribution in [2.75, 3.05) is 0 Å². The Kier molecular flexibility index (Phi) is 4.66. The first-order valence-electron chi connectivity index (χ1n) is 16.1. The van der Waals surface area contributed by atoms with Crippen molar-refractivity contribution in [2.24, 2.45) is 0 Å². The molecule has 0 nitrogen and oxygen atoms in total. The van der Waals surface area contributed by atoms with Gasteiger partial charge in [0.2, 0.25) is 0 Å². The molecule has 0 atom stereocenters. The molecule has 3 aliphatic carbocycles. The molecule has 3 aliphatic rings. The first-order valence-corrected chi connectivity index (χ1v) is 16.1. The van der Waals surface area contributed by atoms with E-state index in [4.69, 9.17) is 0 Å². The summed E-state index contributed by atoms with van der Waals surface area (Å²) in [6, 6.07) is 58.9. The molecule has 0 heterocycles. The average Bonchev–Trinajstić information content (AvgIpc) is 3.74. The van der Waals surface area contributed by atoms with Gasteiger partial charge in [-0.25, -0.2) is 0 Å². The number of fused-ring (bicyclic) bond motifs is 10. The molecule has 8 aromatic carbocycles. The highest BCUT2D eigenvalue weighted by Gasteiger charge is 2.38. The number of rotatable bonds is 2. The largest absolute Gasteiger partial charge is 0.0616 e. The summed E-state index contributed by atoms with van der Waals surface area (Å²) in [5, 5.41) is 7.81. The molecule has 0 saturated heterocycles. The van der Waals surface area contributed by atoms with Crippen molar-refractivity contribution >= 4 is 54.6 Å². The molecule has 0 bridgehead atoms. The highest BCUT2D eigenvalue weighted by molar-refractivity contribution is 6.38. The fraction of sp³-hybridized carbons (Fsp3) is 0. The van der Waals surface area contributed by atoms with Crippen molar-refractivity contribution < 1.29 is 0 Å². The summed E-state index contributed by atoms with van der Waals surface area (Å²) in [4.78, 5) is 0. The van der Waals surface area contributed by atoms with Gasteiger partial charge in [-0.1, -0.05) is 146 Å². The zero-order valence-corrected chi connectivity index (χ0v) is 25.0. The van der Waals surface area contributed by atoms with Crippen LogP contribution in [-0.2, 0) is 0 Å².